The lowest BCUT2D eigenvalue weighted by Gasteiger charge is -2.08. The zero-order valence-electron chi connectivity index (χ0n) is 9.75. The minimum Gasteiger partial charge on any atom is -0.305 e. The highest BCUT2D eigenvalue weighted by atomic mass is 35.5. The topological polar surface area (TPSA) is 54.9 Å². The summed E-state index contributed by atoms with van der Waals surface area (Å²) in [6, 6.07) is 4.61. The molecule has 0 aliphatic carbocycles. The molecule has 0 bridgehead atoms. The van der Waals surface area contributed by atoms with Gasteiger partial charge in [-0.3, -0.25) is 4.79 Å². The van der Waals surface area contributed by atoms with E-state index in [0.717, 1.165) is 0 Å². The third-order valence-corrected chi connectivity index (χ3v) is 3.22. The predicted octanol–water partition coefficient (Wildman–Crippen LogP) is 4.00. The Hall–Kier alpha value is -1.36. The third kappa shape index (κ3) is 3.35. The molecule has 0 fully saturated rings. The van der Waals surface area contributed by atoms with Crippen LogP contribution < -0.4 is 5.32 Å². The molecule has 98 valence electrons. The van der Waals surface area contributed by atoms with E-state index in [9.17, 15) is 4.79 Å². The smallest absolute Gasteiger partial charge is 0.258 e. The monoisotopic (exact) mass is 315 g/mol. The van der Waals surface area contributed by atoms with E-state index in [1.54, 1.807) is 13.0 Å². The summed E-state index contributed by atoms with van der Waals surface area (Å²) >= 11 is 17.5. The number of pyridine rings is 2. The van der Waals surface area contributed by atoms with Gasteiger partial charge in [0.05, 0.1) is 21.3 Å². The average Bonchev–Trinajstić information content (AvgIpc) is 2.36. The summed E-state index contributed by atoms with van der Waals surface area (Å²) in [4.78, 5) is 19.9. The Morgan fingerprint density at radius 3 is 2.58 bits per heavy atom. The quantitative estimate of drug-likeness (QED) is 0.852. The number of halogens is 3. The van der Waals surface area contributed by atoms with Crippen molar-refractivity contribution in [2.45, 2.75) is 6.92 Å². The number of aromatic nitrogens is 2. The zero-order valence-corrected chi connectivity index (χ0v) is 12.0. The largest absolute Gasteiger partial charge is 0.305 e. The summed E-state index contributed by atoms with van der Waals surface area (Å²) in [5.41, 5.74) is 0.936. The van der Waals surface area contributed by atoms with Crippen LogP contribution in [0.4, 0.5) is 5.82 Å². The fourth-order valence-corrected chi connectivity index (χ4v) is 1.85. The minimum absolute atomic E-state index is 0.253. The summed E-state index contributed by atoms with van der Waals surface area (Å²) in [7, 11) is 0. The molecule has 0 radical (unpaired) electrons. The van der Waals surface area contributed by atoms with Crippen LogP contribution >= 0.6 is 34.8 Å². The van der Waals surface area contributed by atoms with Gasteiger partial charge in [-0.25, -0.2) is 9.97 Å². The van der Waals surface area contributed by atoms with Gasteiger partial charge in [0.15, 0.2) is 5.82 Å². The van der Waals surface area contributed by atoms with Gasteiger partial charge in [-0.1, -0.05) is 34.8 Å². The Morgan fingerprint density at radius 1 is 1.21 bits per heavy atom. The number of amides is 1. The first-order valence-electron chi connectivity index (χ1n) is 5.23. The Kier molecular flexibility index (Phi) is 4.24. The molecule has 4 nitrogen and oxygen atoms in total. The first-order valence-corrected chi connectivity index (χ1v) is 6.36. The Morgan fingerprint density at radius 2 is 1.95 bits per heavy atom. The molecule has 1 amide bonds. The molecule has 19 heavy (non-hydrogen) atoms. The molecule has 2 rings (SSSR count). The Balaban J connectivity index is 2.24. The molecule has 0 atom stereocenters. The second-order valence-electron chi connectivity index (χ2n) is 3.71. The molecule has 7 heteroatoms. The van der Waals surface area contributed by atoms with Crippen molar-refractivity contribution in [3.63, 3.8) is 0 Å². The summed E-state index contributed by atoms with van der Waals surface area (Å²) in [5, 5.41) is 3.62. The molecule has 0 aromatic carbocycles. The maximum atomic E-state index is 11.9. The molecule has 2 aromatic heterocycles. The Labute approximate surface area is 124 Å². The highest BCUT2D eigenvalue weighted by molar-refractivity contribution is 6.36. The fourth-order valence-electron chi connectivity index (χ4n) is 1.34. The number of anilines is 1. The molecule has 0 unspecified atom stereocenters. The third-order valence-electron chi connectivity index (χ3n) is 2.33. The van der Waals surface area contributed by atoms with Gasteiger partial charge in [-0.2, -0.15) is 0 Å². The first-order chi connectivity index (χ1) is 8.97. The van der Waals surface area contributed by atoms with Crippen molar-refractivity contribution in [2.24, 2.45) is 0 Å². The van der Waals surface area contributed by atoms with Crippen LogP contribution in [0.15, 0.2) is 24.4 Å². The Bertz CT molecular complexity index is 629. The van der Waals surface area contributed by atoms with Gasteiger partial charge >= 0.3 is 0 Å². The molecule has 0 saturated carbocycles. The number of aryl methyl sites for hydroxylation is 1. The van der Waals surface area contributed by atoms with Crippen LogP contribution in [0.5, 0.6) is 0 Å². The molecular weight excluding hydrogens is 309 g/mol. The second kappa shape index (κ2) is 5.74. The summed E-state index contributed by atoms with van der Waals surface area (Å²) in [6.07, 6.45) is 1.37. The molecule has 1 N–H and O–H groups in total. The lowest BCUT2D eigenvalue weighted by atomic mass is 10.2. The normalized spacial score (nSPS) is 10.3. The minimum atomic E-state index is -0.375. The van der Waals surface area contributed by atoms with Gasteiger partial charge in [-0.05, 0) is 25.1 Å². The zero-order chi connectivity index (χ0) is 14.0. The lowest BCUT2D eigenvalue weighted by Crippen LogP contribution is -2.14. The number of hydrogen-bond acceptors (Lipinski definition) is 3. The maximum absolute atomic E-state index is 11.9. The van der Waals surface area contributed by atoms with Gasteiger partial charge in [0.1, 0.15) is 5.15 Å². The van der Waals surface area contributed by atoms with Crippen LogP contribution in [0.1, 0.15) is 16.1 Å². The lowest BCUT2D eigenvalue weighted by molar-refractivity contribution is 0.102. The van der Waals surface area contributed by atoms with E-state index in [1.165, 1.54) is 18.3 Å². The van der Waals surface area contributed by atoms with Crippen molar-refractivity contribution in [3.8, 4) is 0 Å². The summed E-state index contributed by atoms with van der Waals surface area (Å²) in [5.74, 6) is -0.121. The fraction of sp³-hybridized carbons (Fsp3) is 0.0833. The number of nitrogens with zero attached hydrogens (tertiary/aromatic N) is 2. The number of hydrogen-bond donors (Lipinski definition) is 1. The van der Waals surface area contributed by atoms with Crippen LogP contribution in [0.25, 0.3) is 0 Å². The highest BCUT2D eigenvalue weighted by Crippen LogP contribution is 2.25. The SMILES string of the molecule is Cc1nc(NC(=O)c2ccc(Cl)nc2)c(Cl)cc1Cl. The number of rotatable bonds is 2. The standard InChI is InChI=1S/C12H8Cl3N3O/c1-6-8(13)4-9(14)11(17-6)18-12(19)7-2-3-10(15)16-5-7/h2-5H,1H3,(H,17,18,19). The summed E-state index contributed by atoms with van der Waals surface area (Å²) in [6.45, 7) is 1.72. The van der Waals surface area contributed by atoms with E-state index in [4.69, 9.17) is 34.8 Å². The number of carbonyl (C=O) groups excluding carboxylic acids is 1. The van der Waals surface area contributed by atoms with Gasteiger partial charge < -0.3 is 5.32 Å². The van der Waals surface area contributed by atoms with Crippen LogP contribution in [-0.4, -0.2) is 15.9 Å². The van der Waals surface area contributed by atoms with Crippen LogP contribution in [0.2, 0.25) is 15.2 Å². The number of carbonyl (C=O) groups is 1. The summed E-state index contributed by atoms with van der Waals surface area (Å²) < 4.78 is 0. The van der Waals surface area contributed by atoms with Crippen molar-refractivity contribution in [1.82, 2.24) is 9.97 Å². The average molecular weight is 317 g/mol. The predicted molar refractivity (Wildman–Crippen MR) is 76.2 cm³/mol. The highest BCUT2D eigenvalue weighted by Gasteiger charge is 2.12. The second-order valence-corrected chi connectivity index (χ2v) is 4.91. The van der Waals surface area contributed by atoms with Gasteiger partial charge in [0.25, 0.3) is 5.91 Å². The van der Waals surface area contributed by atoms with E-state index >= 15 is 0 Å². The number of nitrogens with one attached hydrogen (secondary N) is 1. The maximum Gasteiger partial charge on any atom is 0.258 e. The molecular formula is C12H8Cl3N3O. The van der Waals surface area contributed by atoms with Crippen molar-refractivity contribution in [3.05, 3.63) is 50.9 Å². The van der Waals surface area contributed by atoms with Gasteiger partial charge in [-0.15, -0.1) is 0 Å². The molecule has 0 spiro atoms. The van der Waals surface area contributed by atoms with Crippen LogP contribution in [0, 0.1) is 6.92 Å². The van der Waals surface area contributed by atoms with Gasteiger partial charge in [0.2, 0.25) is 0 Å². The van der Waals surface area contributed by atoms with E-state index < -0.39 is 0 Å². The van der Waals surface area contributed by atoms with Crippen molar-refractivity contribution >= 4 is 46.5 Å². The van der Waals surface area contributed by atoms with E-state index in [2.05, 4.69) is 15.3 Å². The van der Waals surface area contributed by atoms with Crippen LogP contribution in [-0.2, 0) is 0 Å². The molecule has 0 aliphatic heterocycles. The van der Waals surface area contributed by atoms with Gasteiger partial charge in [0, 0.05) is 6.20 Å². The molecule has 0 saturated heterocycles. The molecule has 2 heterocycles. The van der Waals surface area contributed by atoms with Crippen LogP contribution in [0.3, 0.4) is 0 Å². The van der Waals surface area contributed by atoms with Crippen molar-refractivity contribution < 1.29 is 4.79 Å². The molecule has 2 aromatic rings. The van der Waals surface area contributed by atoms with Crippen molar-refractivity contribution in [1.29, 1.82) is 0 Å². The van der Waals surface area contributed by atoms with E-state index in [0.29, 0.717) is 21.4 Å². The first kappa shape index (κ1) is 14.1. The van der Waals surface area contributed by atoms with E-state index in [-0.39, 0.29) is 16.7 Å². The van der Waals surface area contributed by atoms with Crippen molar-refractivity contribution in [2.75, 3.05) is 5.32 Å². The molecule has 0 aliphatic rings. The van der Waals surface area contributed by atoms with E-state index in [1.807, 2.05) is 0 Å².